The van der Waals surface area contributed by atoms with Crippen molar-refractivity contribution in [3.05, 3.63) is 29.6 Å². The van der Waals surface area contributed by atoms with Crippen molar-refractivity contribution < 1.29 is 17.5 Å². The molecule has 3 N–H and O–H groups in total. The van der Waals surface area contributed by atoms with E-state index in [1.807, 2.05) is 0 Å². The summed E-state index contributed by atoms with van der Waals surface area (Å²) in [7, 11) is -1.46. The average molecular weight is 316 g/mol. The number of rotatable bonds is 6. The first kappa shape index (κ1) is 16.2. The Balaban J connectivity index is 1.97. The van der Waals surface area contributed by atoms with E-state index < -0.39 is 15.7 Å². The number of nitrogens with one attached hydrogen (secondary N) is 1. The molecule has 5 nitrogen and oxygen atoms in total. The van der Waals surface area contributed by atoms with E-state index in [1.165, 1.54) is 13.2 Å². The minimum Gasteiger partial charge on any atom is -0.494 e. The predicted molar refractivity (Wildman–Crippen MR) is 79.1 cm³/mol. The van der Waals surface area contributed by atoms with Crippen molar-refractivity contribution in [1.82, 2.24) is 5.43 Å². The predicted octanol–water partition coefficient (Wildman–Crippen LogP) is 1.03. The van der Waals surface area contributed by atoms with Crippen LogP contribution in [0.1, 0.15) is 18.4 Å². The number of hydrogen-bond donors (Lipinski definition) is 2. The van der Waals surface area contributed by atoms with Gasteiger partial charge in [-0.25, -0.2) is 12.8 Å². The topological polar surface area (TPSA) is 81.4 Å². The zero-order valence-electron chi connectivity index (χ0n) is 12.0. The van der Waals surface area contributed by atoms with Crippen LogP contribution in [0.5, 0.6) is 5.75 Å². The maximum atomic E-state index is 13.7. The second-order valence-corrected chi connectivity index (χ2v) is 7.77. The van der Waals surface area contributed by atoms with Crippen molar-refractivity contribution in [1.29, 1.82) is 0 Å². The summed E-state index contributed by atoms with van der Waals surface area (Å²) >= 11 is 0. The molecule has 2 rings (SSSR count). The zero-order chi connectivity index (χ0) is 15.5. The zero-order valence-corrected chi connectivity index (χ0v) is 12.8. The molecule has 0 saturated carbocycles. The van der Waals surface area contributed by atoms with Crippen LogP contribution in [0.15, 0.2) is 18.2 Å². The molecule has 0 spiro atoms. The third-order valence-corrected chi connectivity index (χ3v) is 5.72. The van der Waals surface area contributed by atoms with E-state index in [0.29, 0.717) is 19.3 Å². The largest absolute Gasteiger partial charge is 0.494 e. The lowest BCUT2D eigenvalue weighted by Crippen LogP contribution is -2.38. The molecule has 1 saturated heterocycles. The molecule has 1 heterocycles. The van der Waals surface area contributed by atoms with Gasteiger partial charge in [-0.3, -0.25) is 11.3 Å². The van der Waals surface area contributed by atoms with Crippen LogP contribution in [0.3, 0.4) is 0 Å². The fourth-order valence-electron chi connectivity index (χ4n) is 2.79. The van der Waals surface area contributed by atoms with Gasteiger partial charge in [-0.2, -0.15) is 0 Å². The maximum absolute atomic E-state index is 13.7. The fraction of sp³-hybridized carbons (Fsp3) is 0.571. The highest BCUT2D eigenvalue weighted by molar-refractivity contribution is 7.91. The Morgan fingerprint density at radius 3 is 2.81 bits per heavy atom. The first-order valence-corrected chi connectivity index (χ1v) is 8.74. The highest BCUT2D eigenvalue weighted by Gasteiger charge is 2.29. The van der Waals surface area contributed by atoms with Crippen LogP contribution < -0.4 is 16.0 Å². The Kier molecular flexibility index (Phi) is 5.18. The van der Waals surface area contributed by atoms with Crippen molar-refractivity contribution >= 4 is 9.84 Å². The molecule has 0 aliphatic carbocycles. The SMILES string of the molecule is COc1ccc(CC(CC2CCS(=O)(=O)C2)NN)cc1F. The quantitative estimate of drug-likeness (QED) is 0.605. The van der Waals surface area contributed by atoms with E-state index in [-0.39, 0.29) is 29.2 Å². The Morgan fingerprint density at radius 1 is 1.52 bits per heavy atom. The molecule has 0 bridgehead atoms. The number of hydrogen-bond acceptors (Lipinski definition) is 5. The van der Waals surface area contributed by atoms with Crippen LogP contribution in [0.25, 0.3) is 0 Å². The minimum absolute atomic E-state index is 0.0731. The van der Waals surface area contributed by atoms with Gasteiger partial charge in [0.1, 0.15) is 0 Å². The Morgan fingerprint density at radius 2 is 2.29 bits per heavy atom. The standard InChI is InChI=1S/C14H21FN2O3S/c1-20-14-3-2-10(8-13(14)15)6-12(17-16)7-11-4-5-21(18,19)9-11/h2-3,8,11-12,17H,4-7,9,16H2,1H3. The minimum atomic E-state index is -2.88. The maximum Gasteiger partial charge on any atom is 0.165 e. The highest BCUT2D eigenvalue weighted by atomic mass is 32.2. The molecular formula is C14H21FN2O3S. The van der Waals surface area contributed by atoms with Crippen LogP contribution in [0.4, 0.5) is 4.39 Å². The third kappa shape index (κ3) is 4.39. The molecule has 2 unspecified atom stereocenters. The number of sulfone groups is 1. The van der Waals surface area contributed by atoms with E-state index in [2.05, 4.69) is 5.43 Å². The second-order valence-electron chi connectivity index (χ2n) is 5.54. The molecule has 7 heteroatoms. The molecule has 0 aromatic heterocycles. The summed E-state index contributed by atoms with van der Waals surface area (Å²) in [6.07, 6.45) is 1.90. The van der Waals surface area contributed by atoms with E-state index in [1.54, 1.807) is 12.1 Å². The van der Waals surface area contributed by atoms with Gasteiger partial charge in [-0.05, 0) is 42.9 Å². The molecule has 1 aromatic carbocycles. The number of halogens is 1. The molecule has 0 amide bonds. The normalized spacial score (nSPS) is 22.1. The molecule has 0 radical (unpaired) electrons. The second kappa shape index (κ2) is 6.72. The molecule has 1 fully saturated rings. The van der Waals surface area contributed by atoms with Crippen molar-refractivity contribution in [3.63, 3.8) is 0 Å². The molecule has 1 aliphatic heterocycles. The third-order valence-electron chi connectivity index (χ3n) is 3.88. The smallest absolute Gasteiger partial charge is 0.165 e. The number of methoxy groups -OCH3 is 1. The summed E-state index contributed by atoms with van der Waals surface area (Å²) in [5.41, 5.74) is 3.51. The fourth-order valence-corrected chi connectivity index (χ4v) is 4.67. The first-order valence-electron chi connectivity index (χ1n) is 6.92. The van der Waals surface area contributed by atoms with Crippen molar-refractivity contribution in [2.75, 3.05) is 18.6 Å². The van der Waals surface area contributed by atoms with Gasteiger partial charge in [0.15, 0.2) is 21.4 Å². The summed E-state index contributed by atoms with van der Waals surface area (Å²) in [6.45, 7) is 0. The Hall–Kier alpha value is -1.18. The van der Waals surface area contributed by atoms with Gasteiger partial charge in [0.05, 0.1) is 18.6 Å². The van der Waals surface area contributed by atoms with E-state index in [0.717, 1.165) is 5.56 Å². The molecule has 2 atom stereocenters. The monoisotopic (exact) mass is 316 g/mol. The Bertz CT molecular complexity index is 592. The van der Waals surface area contributed by atoms with Crippen LogP contribution in [0.2, 0.25) is 0 Å². The summed E-state index contributed by atoms with van der Waals surface area (Å²) in [6, 6.07) is 4.72. The van der Waals surface area contributed by atoms with Gasteiger partial charge >= 0.3 is 0 Å². The van der Waals surface area contributed by atoms with Gasteiger partial charge in [0.2, 0.25) is 0 Å². The number of nitrogens with two attached hydrogens (primary N) is 1. The van der Waals surface area contributed by atoms with E-state index in [9.17, 15) is 12.8 Å². The van der Waals surface area contributed by atoms with E-state index in [4.69, 9.17) is 10.6 Å². The van der Waals surface area contributed by atoms with Gasteiger partial charge in [0.25, 0.3) is 0 Å². The lowest BCUT2D eigenvalue weighted by atomic mass is 9.95. The number of ether oxygens (including phenoxy) is 1. The molecule has 1 aromatic rings. The van der Waals surface area contributed by atoms with Crippen LogP contribution >= 0.6 is 0 Å². The number of hydrazine groups is 1. The van der Waals surface area contributed by atoms with Crippen molar-refractivity contribution in [3.8, 4) is 5.75 Å². The summed E-state index contributed by atoms with van der Waals surface area (Å²) < 4.78 is 41.5. The summed E-state index contributed by atoms with van der Waals surface area (Å²) in [4.78, 5) is 0. The van der Waals surface area contributed by atoms with Crippen LogP contribution in [0, 0.1) is 11.7 Å². The average Bonchev–Trinajstić information content (AvgIpc) is 2.77. The van der Waals surface area contributed by atoms with E-state index >= 15 is 0 Å². The van der Waals surface area contributed by atoms with Gasteiger partial charge in [-0.15, -0.1) is 0 Å². The van der Waals surface area contributed by atoms with Crippen molar-refractivity contribution in [2.24, 2.45) is 11.8 Å². The lowest BCUT2D eigenvalue weighted by Gasteiger charge is -2.19. The first-order chi connectivity index (χ1) is 9.93. The molecule has 118 valence electrons. The summed E-state index contributed by atoms with van der Waals surface area (Å²) in [5, 5.41) is 0. The molecule has 21 heavy (non-hydrogen) atoms. The summed E-state index contributed by atoms with van der Waals surface area (Å²) in [5.74, 6) is 5.95. The van der Waals surface area contributed by atoms with Crippen molar-refractivity contribution in [2.45, 2.75) is 25.3 Å². The molecular weight excluding hydrogens is 295 g/mol. The highest BCUT2D eigenvalue weighted by Crippen LogP contribution is 2.25. The van der Waals surface area contributed by atoms with Gasteiger partial charge in [0, 0.05) is 6.04 Å². The van der Waals surface area contributed by atoms with Gasteiger partial charge < -0.3 is 4.74 Å². The number of benzene rings is 1. The van der Waals surface area contributed by atoms with Gasteiger partial charge in [-0.1, -0.05) is 6.07 Å². The lowest BCUT2D eigenvalue weighted by molar-refractivity contribution is 0.384. The molecule has 1 aliphatic rings. The van der Waals surface area contributed by atoms with Crippen LogP contribution in [-0.2, 0) is 16.3 Å². The van der Waals surface area contributed by atoms with Crippen LogP contribution in [-0.4, -0.2) is 33.1 Å². The Labute approximate surface area is 124 Å².